The van der Waals surface area contributed by atoms with E-state index in [0.717, 1.165) is 50.8 Å². The van der Waals surface area contributed by atoms with Gasteiger partial charge in [0, 0.05) is 52.6 Å². The smallest absolute Gasteiger partial charge is 0.142 e. The highest BCUT2D eigenvalue weighted by molar-refractivity contribution is 5.51. The molecule has 0 bridgehead atoms. The average molecular weight is 384 g/mol. The minimum absolute atomic E-state index is 0.565. The van der Waals surface area contributed by atoms with Crippen LogP contribution < -0.4 is 15.0 Å². The van der Waals surface area contributed by atoms with E-state index < -0.39 is 0 Å². The number of methoxy groups -OCH3 is 1. The van der Waals surface area contributed by atoms with Crippen LogP contribution in [0.5, 0.6) is 5.75 Å². The molecule has 0 atom stereocenters. The second-order valence-electron chi connectivity index (χ2n) is 6.66. The minimum Gasteiger partial charge on any atom is -0.491 e. The molecule has 1 aliphatic heterocycles. The molecule has 150 valence electrons. The van der Waals surface area contributed by atoms with Crippen molar-refractivity contribution in [2.45, 2.75) is 6.54 Å². The zero-order chi connectivity index (χ0) is 19.8. The summed E-state index contributed by atoms with van der Waals surface area (Å²) in [4.78, 5) is 4.84. The Labute approximate surface area is 166 Å². The van der Waals surface area contributed by atoms with E-state index in [9.17, 15) is 0 Å². The zero-order valence-corrected chi connectivity index (χ0v) is 16.6. The lowest BCUT2D eigenvalue weighted by Gasteiger charge is -2.36. The largest absolute Gasteiger partial charge is 0.491 e. The highest BCUT2D eigenvalue weighted by atomic mass is 16.5. The van der Waals surface area contributed by atoms with Crippen molar-refractivity contribution in [1.29, 1.82) is 5.26 Å². The highest BCUT2D eigenvalue weighted by Crippen LogP contribution is 2.21. The monoisotopic (exact) mass is 384 g/mol. The molecule has 1 aromatic carbocycles. The summed E-state index contributed by atoms with van der Waals surface area (Å²) in [5.41, 5.74) is 1.81. The lowest BCUT2D eigenvalue weighted by Crippen LogP contribution is -2.47. The second kappa shape index (κ2) is 9.97. The molecule has 0 spiro atoms. The number of anilines is 2. The predicted octanol–water partition coefficient (Wildman–Crippen LogP) is 1.64. The standard InChI is InChI=1S/C20H28N6O2/c1-22-20-17(15-21)16-23-26(20)12-9-24-7-10-25(11-8-24)18-3-5-19(6-4-18)28-14-13-27-2/h3-6,16,22H,7-14H2,1-2H3. The van der Waals surface area contributed by atoms with Crippen molar-refractivity contribution in [2.75, 3.05) is 70.3 Å². The van der Waals surface area contributed by atoms with Gasteiger partial charge < -0.3 is 19.7 Å². The van der Waals surface area contributed by atoms with Crippen LogP contribution in [0.3, 0.4) is 0 Å². The van der Waals surface area contributed by atoms with Crippen LogP contribution in [0.25, 0.3) is 0 Å². The van der Waals surface area contributed by atoms with Gasteiger partial charge in [-0.2, -0.15) is 10.4 Å². The van der Waals surface area contributed by atoms with Gasteiger partial charge in [-0.1, -0.05) is 0 Å². The van der Waals surface area contributed by atoms with Crippen LogP contribution in [-0.4, -0.2) is 74.8 Å². The summed E-state index contributed by atoms with van der Waals surface area (Å²) in [7, 11) is 3.49. The molecule has 1 saturated heterocycles. The number of hydrogen-bond acceptors (Lipinski definition) is 7. The second-order valence-corrected chi connectivity index (χ2v) is 6.66. The van der Waals surface area contributed by atoms with Gasteiger partial charge in [0.15, 0.2) is 0 Å². The van der Waals surface area contributed by atoms with Crippen LogP contribution in [0.15, 0.2) is 30.5 Å². The quantitative estimate of drug-likeness (QED) is 0.659. The summed E-state index contributed by atoms with van der Waals surface area (Å²) in [5.74, 6) is 1.66. The summed E-state index contributed by atoms with van der Waals surface area (Å²) in [6.07, 6.45) is 1.62. The Morgan fingerprint density at radius 2 is 1.86 bits per heavy atom. The third-order valence-corrected chi connectivity index (χ3v) is 4.96. The molecule has 2 aromatic rings. The van der Waals surface area contributed by atoms with Crippen molar-refractivity contribution in [3.63, 3.8) is 0 Å². The van der Waals surface area contributed by atoms with E-state index in [-0.39, 0.29) is 0 Å². The summed E-state index contributed by atoms with van der Waals surface area (Å²) in [6, 6.07) is 10.4. The molecule has 0 unspecified atom stereocenters. The molecule has 0 saturated carbocycles. The number of ether oxygens (including phenoxy) is 2. The Kier molecular flexibility index (Phi) is 7.12. The molecule has 28 heavy (non-hydrogen) atoms. The maximum Gasteiger partial charge on any atom is 0.142 e. The van der Waals surface area contributed by atoms with Crippen molar-refractivity contribution >= 4 is 11.5 Å². The molecule has 1 N–H and O–H groups in total. The van der Waals surface area contributed by atoms with Gasteiger partial charge in [-0.15, -0.1) is 0 Å². The summed E-state index contributed by atoms with van der Waals surface area (Å²) in [5, 5.41) is 16.5. The van der Waals surface area contributed by atoms with Gasteiger partial charge in [0.1, 0.15) is 29.8 Å². The first-order chi connectivity index (χ1) is 13.7. The molecule has 0 radical (unpaired) electrons. The number of piperazine rings is 1. The van der Waals surface area contributed by atoms with E-state index >= 15 is 0 Å². The van der Waals surface area contributed by atoms with Crippen LogP contribution in [0, 0.1) is 11.3 Å². The van der Waals surface area contributed by atoms with E-state index in [0.29, 0.717) is 18.8 Å². The molecular weight excluding hydrogens is 356 g/mol. The Hall–Kier alpha value is -2.76. The van der Waals surface area contributed by atoms with Crippen LogP contribution in [0.4, 0.5) is 11.5 Å². The number of hydrogen-bond donors (Lipinski definition) is 1. The molecule has 8 heteroatoms. The van der Waals surface area contributed by atoms with E-state index in [1.165, 1.54) is 5.69 Å². The van der Waals surface area contributed by atoms with Crippen molar-refractivity contribution in [1.82, 2.24) is 14.7 Å². The summed E-state index contributed by atoms with van der Waals surface area (Å²) in [6.45, 7) is 6.84. The van der Waals surface area contributed by atoms with Gasteiger partial charge in [-0.3, -0.25) is 4.90 Å². The molecular formula is C20H28N6O2. The molecule has 0 amide bonds. The molecule has 3 rings (SSSR count). The molecule has 8 nitrogen and oxygen atoms in total. The topological polar surface area (TPSA) is 78.6 Å². The van der Waals surface area contributed by atoms with Gasteiger partial charge in [0.05, 0.1) is 19.3 Å². The predicted molar refractivity (Wildman–Crippen MR) is 109 cm³/mol. The summed E-state index contributed by atoms with van der Waals surface area (Å²) < 4.78 is 12.5. The normalized spacial score (nSPS) is 14.7. The van der Waals surface area contributed by atoms with E-state index in [4.69, 9.17) is 14.7 Å². The molecule has 0 aliphatic carbocycles. The number of benzene rings is 1. The van der Waals surface area contributed by atoms with Gasteiger partial charge in [0.25, 0.3) is 0 Å². The van der Waals surface area contributed by atoms with E-state index in [2.05, 4.69) is 38.4 Å². The van der Waals surface area contributed by atoms with Gasteiger partial charge in [-0.05, 0) is 24.3 Å². The van der Waals surface area contributed by atoms with Crippen LogP contribution in [0.2, 0.25) is 0 Å². The third-order valence-electron chi connectivity index (χ3n) is 4.96. The lowest BCUT2D eigenvalue weighted by atomic mass is 10.2. The van der Waals surface area contributed by atoms with Crippen LogP contribution >= 0.6 is 0 Å². The van der Waals surface area contributed by atoms with Crippen molar-refractivity contribution in [3.05, 3.63) is 36.0 Å². The number of nitrogens with one attached hydrogen (secondary N) is 1. The number of rotatable bonds is 9. The van der Waals surface area contributed by atoms with E-state index in [1.807, 2.05) is 23.9 Å². The first kappa shape index (κ1) is 20.0. The fraction of sp³-hybridized carbons (Fsp3) is 0.500. The maximum atomic E-state index is 9.12. The Bertz CT molecular complexity index is 775. The van der Waals surface area contributed by atoms with Crippen LogP contribution in [-0.2, 0) is 11.3 Å². The lowest BCUT2D eigenvalue weighted by molar-refractivity contribution is 0.146. The average Bonchev–Trinajstić information content (AvgIpc) is 3.15. The van der Waals surface area contributed by atoms with Gasteiger partial charge in [0.2, 0.25) is 0 Å². The SMILES string of the molecule is CNc1c(C#N)cnn1CCN1CCN(c2ccc(OCCOC)cc2)CC1. The maximum absolute atomic E-state index is 9.12. The van der Waals surface area contributed by atoms with Gasteiger partial charge in [-0.25, -0.2) is 4.68 Å². The Morgan fingerprint density at radius 1 is 1.11 bits per heavy atom. The Morgan fingerprint density at radius 3 is 2.50 bits per heavy atom. The fourth-order valence-corrected chi connectivity index (χ4v) is 3.36. The fourth-order valence-electron chi connectivity index (χ4n) is 3.36. The molecule has 1 aliphatic rings. The highest BCUT2D eigenvalue weighted by Gasteiger charge is 2.18. The molecule has 1 aromatic heterocycles. The number of aromatic nitrogens is 2. The van der Waals surface area contributed by atoms with Crippen LogP contribution in [0.1, 0.15) is 5.56 Å². The summed E-state index contributed by atoms with van der Waals surface area (Å²) >= 11 is 0. The first-order valence-electron chi connectivity index (χ1n) is 9.58. The molecule has 1 fully saturated rings. The number of nitrogens with zero attached hydrogens (tertiary/aromatic N) is 5. The molecule has 2 heterocycles. The van der Waals surface area contributed by atoms with E-state index in [1.54, 1.807) is 13.3 Å². The zero-order valence-electron chi connectivity index (χ0n) is 16.6. The number of nitriles is 1. The van der Waals surface area contributed by atoms with Crippen molar-refractivity contribution in [2.24, 2.45) is 0 Å². The minimum atomic E-state index is 0.565. The first-order valence-corrected chi connectivity index (χ1v) is 9.58. The van der Waals surface area contributed by atoms with Gasteiger partial charge >= 0.3 is 0 Å². The van der Waals surface area contributed by atoms with Crippen molar-refractivity contribution < 1.29 is 9.47 Å². The van der Waals surface area contributed by atoms with Crippen molar-refractivity contribution in [3.8, 4) is 11.8 Å². The Balaban J connectivity index is 1.45. The third kappa shape index (κ3) is 4.94.